The Balaban J connectivity index is 1.56. The molecule has 0 radical (unpaired) electrons. The third kappa shape index (κ3) is 6.90. The SMILES string of the molecule is CCC(C)(CCOC(C)(CC)CNC(=O)Nc1ccc(-c2nc3ccccc3c(=O)o2)cc1)OC. The Labute approximate surface area is 206 Å². The third-order valence-electron chi connectivity index (χ3n) is 6.62. The largest absolute Gasteiger partial charge is 0.403 e. The van der Waals surface area contributed by atoms with Crippen LogP contribution in [0.5, 0.6) is 0 Å². The van der Waals surface area contributed by atoms with Crippen LogP contribution >= 0.6 is 0 Å². The molecular formula is C27H35N3O5. The molecule has 1 aromatic heterocycles. The lowest BCUT2D eigenvalue weighted by Crippen LogP contribution is -2.44. The van der Waals surface area contributed by atoms with Gasteiger partial charge in [0.15, 0.2) is 0 Å². The molecule has 3 rings (SSSR count). The Hall–Kier alpha value is -3.23. The minimum absolute atomic E-state index is 0.212. The van der Waals surface area contributed by atoms with Gasteiger partial charge in [-0.25, -0.2) is 14.6 Å². The molecule has 0 aliphatic carbocycles. The molecule has 2 aromatic carbocycles. The fraction of sp³-hybridized carbons (Fsp3) is 0.444. The van der Waals surface area contributed by atoms with Crippen LogP contribution in [0.2, 0.25) is 0 Å². The fourth-order valence-electron chi connectivity index (χ4n) is 3.50. The summed E-state index contributed by atoms with van der Waals surface area (Å²) in [4.78, 5) is 29.1. The molecule has 0 bridgehead atoms. The molecule has 8 nitrogen and oxygen atoms in total. The zero-order valence-corrected chi connectivity index (χ0v) is 21.1. The maximum absolute atomic E-state index is 12.5. The summed E-state index contributed by atoms with van der Waals surface area (Å²) in [7, 11) is 1.72. The molecule has 0 spiro atoms. The van der Waals surface area contributed by atoms with Crippen LogP contribution in [0.3, 0.4) is 0 Å². The maximum Gasteiger partial charge on any atom is 0.347 e. The zero-order valence-electron chi connectivity index (χ0n) is 21.1. The van der Waals surface area contributed by atoms with Crippen molar-refractivity contribution in [2.24, 2.45) is 0 Å². The second-order valence-corrected chi connectivity index (χ2v) is 9.12. The number of rotatable bonds is 11. The van der Waals surface area contributed by atoms with Gasteiger partial charge in [-0.2, -0.15) is 0 Å². The van der Waals surface area contributed by atoms with Gasteiger partial charge in [0.05, 0.1) is 28.7 Å². The van der Waals surface area contributed by atoms with Crippen molar-refractivity contribution in [1.82, 2.24) is 10.3 Å². The van der Waals surface area contributed by atoms with Crippen molar-refractivity contribution in [3.05, 3.63) is 59.0 Å². The average molecular weight is 482 g/mol. The highest BCUT2D eigenvalue weighted by atomic mass is 16.5. The van der Waals surface area contributed by atoms with E-state index in [9.17, 15) is 9.59 Å². The van der Waals surface area contributed by atoms with E-state index >= 15 is 0 Å². The quantitative estimate of drug-likeness (QED) is 0.382. The number of nitrogens with one attached hydrogen (secondary N) is 2. The van der Waals surface area contributed by atoms with Gasteiger partial charge in [-0.1, -0.05) is 26.0 Å². The van der Waals surface area contributed by atoms with Crippen molar-refractivity contribution in [2.45, 2.75) is 58.2 Å². The van der Waals surface area contributed by atoms with Crippen LogP contribution in [0.25, 0.3) is 22.4 Å². The molecule has 2 amide bonds. The van der Waals surface area contributed by atoms with E-state index in [4.69, 9.17) is 13.9 Å². The number of amides is 2. The van der Waals surface area contributed by atoms with E-state index in [1.54, 1.807) is 49.6 Å². The van der Waals surface area contributed by atoms with E-state index < -0.39 is 11.2 Å². The number of urea groups is 1. The number of anilines is 1. The highest BCUT2D eigenvalue weighted by molar-refractivity contribution is 5.89. The summed E-state index contributed by atoms with van der Waals surface area (Å²) < 4.78 is 17.1. The van der Waals surface area contributed by atoms with Gasteiger partial charge in [0.25, 0.3) is 0 Å². The number of fused-ring (bicyclic) bond motifs is 1. The summed E-state index contributed by atoms with van der Waals surface area (Å²) in [6, 6.07) is 13.7. The van der Waals surface area contributed by atoms with E-state index in [0.29, 0.717) is 35.3 Å². The van der Waals surface area contributed by atoms with Gasteiger partial charge in [-0.15, -0.1) is 0 Å². The number of carbonyl (C=O) groups excluding carboxylic acids is 1. The smallest absolute Gasteiger partial charge is 0.347 e. The van der Waals surface area contributed by atoms with Crippen LogP contribution in [0, 0.1) is 0 Å². The summed E-state index contributed by atoms with van der Waals surface area (Å²) in [5.41, 5.74) is 0.686. The number of benzene rings is 2. The highest BCUT2D eigenvalue weighted by Gasteiger charge is 2.27. The first-order valence-electron chi connectivity index (χ1n) is 11.9. The Morgan fingerprint density at radius 3 is 2.37 bits per heavy atom. The van der Waals surface area contributed by atoms with Crippen molar-refractivity contribution in [3.8, 4) is 11.5 Å². The van der Waals surface area contributed by atoms with Gasteiger partial charge in [-0.05, 0) is 69.5 Å². The summed E-state index contributed by atoms with van der Waals surface area (Å²) >= 11 is 0. The molecule has 0 fully saturated rings. The van der Waals surface area contributed by atoms with Crippen molar-refractivity contribution in [3.63, 3.8) is 0 Å². The number of hydrogen-bond donors (Lipinski definition) is 2. The Kier molecular flexibility index (Phi) is 8.64. The molecule has 2 atom stereocenters. The van der Waals surface area contributed by atoms with Gasteiger partial charge in [0, 0.05) is 24.9 Å². The molecule has 0 aliphatic rings. The molecule has 35 heavy (non-hydrogen) atoms. The average Bonchev–Trinajstić information content (AvgIpc) is 2.88. The monoisotopic (exact) mass is 481 g/mol. The number of para-hydroxylation sites is 1. The molecule has 0 saturated carbocycles. The number of hydrogen-bond acceptors (Lipinski definition) is 6. The molecule has 2 N–H and O–H groups in total. The number of ether oxygens (including phenoxy) is 2. The predicted molar refractivity (Wildman–Crippen MR) is 138 cm³/mol. The maximum atomic E-state index is 12.5. The van der Waals surface area contributed by atoms with Gasteiger partial charge in [-0.3, -0.25) is 0 Å². The number of aromatic nitrogens is 1. The first-order chi connectivity index (χ1) is 16.7. The van der Waals surface area contributed by atoms with Crippen molar-refractivity contribution < 1.29 is 18.7 Å². The normalized spacial score (nSPS) is 14.8. The van der Waals surface area contributed by atoms with Crippen molar-refractivity contribution >= 4 is 22.6 Å². The van der Waals surface area contributed by atoms with Crippen LogP contribution in [0.15, 0.2) is 57.7 Å². The van der Waals surface area contributed by atoms with Gasteiger partial charge >= 0.3 is 11.7 Å². The molecule has 8 heteroatoms. The van der Waals surface area contributed by atoms with Crippen LogP contribution in [-0.2, 0) is 9.47 Å². The minimum Gasteiger partial charge on any atom is -0.403 e. The second-order valence-electron chi connectivity index (χ2n) is 9.12. The Morgan fingerprint density at radius 1 is 1.03 bits per heavy atom. The summed E-state index contributed by atoms with van der Waals surface area (Å²) in [5.74, 6) is 0.230. The first-order valence-corrected chi connectivity index (χ1v) is 11.9. The van der Waals surface area contributed by atoms with Gasteiger partial charge in [0.2, 0.25) is 5.89 Å². The fourth-order valence-corrected chi connectivity index (χ4v) is 3.50. The van der Waals surface area contributed by atoms with Crippen LogP contribution in [0.4, 0.5) is 10.5 Å². The lowest BCUT2D eigenvalue weighted by molar-refractivity contribution is -0.0724. The van der Waals surface area contributed by atoms with Crippen molar-refractivity contribution in [2.75, 3.05) is 25.6 Å². The van der Waals surface area contributed by atoms with E-state index in [-0.39, 0.29) is 17.5 Å². The molecule has 2 unspecified atom stereocenters. The van der Waals surface area contributed by atoms with E-state index in [1.165, 1.54) is 0 Å². The van der Waals surface area contributed by atoms with Gasteiger partial charge in [0.1, 0.15) is 0 Å². The summed E-state index contributed by atoms with van der Waals surface area (Å²) in [6.07, 6.45) is 2.43. The lowest BCUT2D eigenvalue weighted by atomic mass is 9.98. The van der Waals surface area contributed by atoms with Crippen LogP contribution in [-0.4, -0.2) is 42.5 Å². The van der Waals surface area contributed by atoms with Crippen LogP contribution in [0.1, 0.15) is 47.0 Å². The Bertz CT molecular complexity index is 1190. The van der Waals surface area contributed by atoms with Crippen molar-refractivity contribution in [1.29, 1.82) is 0 Å². The number of methoxy groups -OCH3 is 1. The van der Waals surface area contributed by atoms with Crippen LogP contribution < -0.4 is 16.3 Å². The Morgan fingerprint density at radius 2 is 1.71 bits per heavy atom. The second kappa shape index (κ2) is 11.5. The van der Waals surface area contributed by atoms with E-state index in [0.717, 1.165) is 19.3 Å². The standard InChI is InChI=1S/C27H35N3O5/c1-6-26(3,33-5)16-17-34-27(4,7-2)18-28-25(32)29-20-14-12-19(13-15-20)23-30-22-11-9-8-10-21(22)24(31)35-23/h8-15H,6-7,16-18H2,1-5H3,(H2,28,29,32). The zero-order chi connectivity index (χ0) is 25.5. The topological polar surface area (TPSA) is 103 Å². The minimum atomic E-state index is -0.483. The molecule has 0 saturated heterocycles. The third-order valence-corrected chi connectivity index (χ3v) is 6.62. The number of carbonyl (C=O) groups is 1. The molecular weight excluding hydrogens is 446 g/mol. The molecule has 3 aromatic rings. The summed E-state index contributed by atoms with van der Waals surface area (Å²) in [5, 5.41) is 6.15. The molecule has 188 valence electrons. The number of nitrogens with zero attached hydrogens (tertiary/aromatic N) is 1. The first kappa shape index (κ1) is 26.4. The highest BCUT2D eigenvalue weighted by Crippen LogP contribution is 2.23. The molecule has 0 aliphatic heterocycles. The molecule has 1 heterocycles. The van der Waals surface area contributed by atoms with E-state index in [1.807, 2.05) is 19.9 Å². The van der Waals surface area contributed by atoms with E-state index in [2.05, 4.69) is 29.5 Å². The lowest BCUT2D eigenvalue weighted by Gasteiger charge is -2.32. The predicted octanol–water partition coefficient (Wildman–Crippen LogP) is 5.37. The van der Waals surface area contributed by atoms with Gasteiger partial charge < -0.3 is 24.5 Å². The summed E-state index contributed by atoms with van der Waals surface area (Å²) in [6.45, 7) is 9.10.